The first-order valence-electron chi connectivity index (χ1n) is 9.66. The van der Waals surface area contributed by atoms with Gasteiger partial charge in [-0.25, -0.2) is 4.98 Å². The molecule has 2 aromatic rings. The molecule has 0 unspecified atom stereocenters. The van der Waals surface area contributed by atoms with Gasteiger partial charge in [-0.3, -0.25) is 4.90 Å². The molecular weight excluding hydrogens is 324 g/mol. The van der Waals surface area contributed by atoms with Gasteiger partial charge in [0.1, 0.15) is 11.6 Å². The van der Waals surface area contributed by atoms with Gasteiger partial charge < -0.3 is 14.6 Å². The van der Waals surface area contributed by atoms with Crippen LogP contribution >= 0.6 is 0 Å². The highest BCUT2D eigenvalue weighted by Crippen LogP contribution is 2.19. The van der Waals surface area contributed by atoms with Crippen LogP contribution in [-0.2, 0) is 13.0 Å². The lowest BCUT2D eigenvalue weighted by Gasteiger charge is -2.33. The molecule has 1 saturated heterocycles. The summed E-state index contributed by atoms with van der Waals surface area (Å²) < 4.78 is 5.26. The third kappa shape index (κ3) is 5.58. The molecule has 5 heteroatoms. The van der Waals surface area contributed by atoms with E-state index in [1.54, 1.807) is 7.11 Å². The first-order chi connectivity index (χ1) is 12.6. The Morgan fingerprint density at radius 2 is 1.96 bits per heavy atom. The lowest BCUT2D eigenvalue weighted by Crippen LogP contribution is -2.37. The number of aromatic amines is 1. The van der Waals surface area contributed by atoms with Crippen LogP contribution in [0, 0.1) is 12.8 Å². The van der Waals surface area contributed by atoms with Gasteiger partial charge in [0.05, 0.1) is 13.7 Å². The maximum absolute atomic E-state index is 5.26. The summed E-state index contributed by atoms with van der Waals surface area (Å²) in [6.45, 7) is 7.61. The lowest BCUT2D eigenvalue weighted by atomic mass is 9.96. The Bertz CT molecular complexity index is 659. The summed E-state index contributed by atoms with van der Waals surface area (Å²) >= 11 is 0. The number of rotatable bonds is 8. The summed E-state index contributed by atoms with van der Waals surface area (Å²) in [5, 5.41) is 0. The van der Waals surface area contributed by atoms with Crippen LogP contribution in [-0.4, -0.2) is 60.1 Å². The fourth-order valence-corrected chi connectivity index (χ4v) is 3.68. The summed E-state index contributed by atoms with van der Waals surface area (Å²) in [6, 6.07) is 8.44. The van der Waals surface area contributed by atoms with Gasteiger partial charge in [0.25, 0.3) is 0 Å². The van der Waals surface area contributed by atoms with Gasteiger partial charge in [0, 0.05) is 25.0 Å². The smallest absolute Gasteiger partial charge is 0.120 e. The molecule has 0 radical (unpaired) electrons. The first-order valence-corrected chi connectivity index (χ1v) is 9.66. The number of aryl methyl sites for hydroxylation is 1. The van der Waals surface area contributed by atoms with Crippen molar-refractivity contribution in [2.24, 2.45) is 5.92 Å². The molecular formula is C21H32N4O. The number of methoxy groups -OCH3 is 1. The summed E-state index contributed by atoms with van der Waals surface area (Å²) in [5.41, 5.74) is 2.49. The van der Waals surface area contributed by atoms with E-state index in [0.29, 0.717) is 0 Å². The minimum atomic E-state index is 0.790. The van der Waals surface area contributed by atoms with E-state index in [1.165, 1.54) is 31.5 Å². The van der Waals surface area contributed by atoms with Crippen molar-refractivity contribution in [1.82, 2.24) is 19.8 Å². The maximum atomic E-state index is 5.26. The Kier molecular flexibility index (Phi) is 6.69. The fraction of sp³-hybridized carbons (Fsp3) is 0.571. The van der Waals surface area contributed by atoms with Crippen molar-refractivity contribution in [3.63, 3.8) is 0 Å². The summed E-state index contributed by atoms with van der Waals surface area (Å²) in [4.78, 5) is 12.9. The van der Waals surface area contributed by atoms with Gasteiger partial charge in [-0.15, -0.1) is 0 Å². The fourth-order valence-electron chi connectivity index (χ4n) is 3.68. The van der Waals surface area contributed by atoms with Gasteiger partial charge in [0.15, 0.2) is 0 Å². The number of H-pyrrole nitrogens is 1. The standard InChI is InChI=1S/C21H32N4O/c1-17-14-22-21(23-17)16-25(15-19-8-11-24(2)12-9-19)13-10-18-4-6-20(26-3)7-5-18/h4-7,14,19H,8-13,15-16H2,1-3H3,(H,22,23). The Balaban J connectivity index is 1.59. The normalized spacial score (nSPS) is 16.3. The molecule has 0 spiro atoms. The van der Waals surface area contributed by atoms with Crippen molar-refractivity contribution in [1.29, 1.82) is 0 Å². The first kappa shape index (κ1) is 18.9. The zero-order valence-electron chi connectivity index (χ0n) is 16.4. The molecule has 0 saturated carbocycles. The maximum Gasteiger partial charge on any atom is 0.120 e. The monoisotopic (exact) mass is 356 g/mol. The number of hydrogen-bond donors (Lipinski definition) is 1. The largest absolute Gasteiger partial charge is 0.497 e. The van der Waals surface area contributed by atoms with Gasteiger partial charge in [-0.1, -0.05) is 12.1 Å². The lowest BCUT2D eigenvalue weighted by molar-refractivity contribution is 0.155. The van der Waals surface area contributed by atoms with Crippen LogP contribution in [0.1, 0.15) is 29.9 Å². The molecule has 26 heavy (non-hydrogen) atoms. The highest BCUT2D eigenvalue weighted by Gasteiger charge is 2.20. The number of nitrogens with one attached hydrogen (secondary N) is 1. The molecule has 0 atom stereocenters. The van der Waals surface area contributed by atoms with E-state index in [4.69, 9.17) is 4.74 Å². The van der Waals surface area contributed by atoms with Crippen molar-refractivity contribution in [2.75, 3.05) is 40.3 Å². The third-order valence-corrected chi connectivity index (χ3v) is 5.36. The average Bonchev–Trinajstić information content (AvgIpc) is 3.07. The highest BCUT2D eigenvalue weighted by molar-refractivity contribution is 5.27. The number of likely N-dealkylation sites (tertiary alicyclic amines) is 1. The second-order valence-electron chi connectivity index (χ2n) is 7.59. The molecule has 2 heterocycles. The molecule has 1 aromatic carbocycles. The van der Waals surface area contributed by atoms with Crippen LogP contribution in [0.15, 0.2) is 30.5 Å². The predicted molar refractivity (Wildman–Crippen MR) is 106 cm³/mol. The van der Waals surface area contributed by atoms with Crippen LogP contribution in [0.4, 0.5) is 0 Å². The van der Waals surface area contributed by atoms with Crippen LogP contribution in [0.3, 0.4) is 0 Å². The molecule has 1 aliphatic rings. The molecule has 1 N–H and O–H groups in total. The Hall–Kier alpha value is -1.85. The van der Waals surface area contributed by atoms with Gasteiger partial charge in [0.2, 0.25) is 0 Å². The van der Waals surface area contributed by atoms with Gasteiger partial charge in [-0.2, -0.15) is 0 Å². The number of imidazole rings is 1. The predicted octanol–water partition coefficient (Wildman–Crippen LogP) is 3.11. The van der Waals surface area contributed by atoms with Crippen molar-refractivity contribution in [2.45, 2.75) is 32.7 Å². The number of ether oxygens (including phenoxy) is 1. The minimum absolute atomic E-state index is 0.790. The van der Waals surface area contributed by atoms with Crippen molar-refractivity contribution in [3.05, 3.63) is 47.5 Å². The Morgan fingerprint density at radius 1 is 1.23 bits per heavy atom. The SMILES string of the molecule is COc1ccc(CCN(Cc2ncc(C)[nH]2)CC2CCN(C)CC2)cc1. The van der Waals surface area contributed by atoms with Crippen LogP contribution in [0.5, 0.6) is 5.75 Å². The topological polar surface area (TPSA) is 44.4 Å². The molecule has 0 aliphatic carbocycles. The highest BCUT2D eigenvalue weighted by atomic mass is 16.5. The van der Waals surface area contributed by atoms with E-state index < -0.39 is 0 Å². The summed E-state index contributed by atoms with van der Waals surface area (Å²) in [6.07, 6.45) is 5.57. The number of piperidine rings is 1. The minimum Gasteiger partial charge on any atom is -0.497 e. The molecule has 1 aromatic heterocycles. The number of nitrogens with zero attached hydrogens (tertiary/aromatic N) is 3. The van der Waals surface area contributed by atoms with Crippen molar-refractivity contribution < 1.29 is 4.74 Å². The molecule has 0 amide bonds. The third-order valence-electron chi connectivity index (χ3n) is 5.36. The number of benzene rings is 1. The molecule has 0 bridgehead atoms. The van der Waals surface area contributed by atoms with Crippen molar-refractivity contribution >= 4 is 0 Å². The Labute approximate surface area is 157 Å². The molecule has 142 valence electrons. The van der Waals surface area contributed by atoms with Crippen LogP contribution < -0.4 is 4.74 Å². The summed E-state index contributed by atoms with van der Waals surface area (Å²) in [5.74, 6) is 2.78. The zero-order chi connectivity index (χ0) is 18.4. The van der Waals surface area contributed by atoms with E-state index >= 15 is 0 Å². The molecule has 1 fully saturated rings. The summed E-state index contributed by atoms with van der Waals surface area (Å²) in [7, 11) is 3.94. The quantitative estimate of drug-likeness (QED) is 0.789. The Morgan fingerprint density at radius 3 is 2.58 bits per heavy atom. The van der Waals surface area contributed by atoms with E-state index in [9.17, 15) is 0 Å². The van der Waals surface area contributed by atoms with Crippen LogP contribution in [0.25, 0.3) is 0 Å². The van der Waals surface area contributed by atoms with Gasteiger partial charge in [-0.05, 0) is 69.9 Å². The average molecular weight is 357 g/mol. The second-order valence-corrected chi connectivity index (χ2v) is 7.59. The van der Waals surface area contributed by atoms with E-state index in [-0.39, 0.29) is 0 Å². The molecule has 5 nitrogen and oxygen atoms in total. The number of aromatic nitrogens is 2. The molecule has 1 aliphatic heterocycles. The van der Waals surface area contributed by atoms with E-state index in [0.717, 1.165) is 49.2 Å². The van der Waals surface area contributed by atoms with E-state index in [2.05, 4.69) is 45.9 Å². The molecule has 3 rings (SSSR count). The zero-order valence-corrected chi connectivity index (χ0v) is 16.4. The van der Waals surface area contributed by atoms with Crippen molar-refractivity contribution in [3.8, 4) is 5.75 Å². The second kappa shape index (κ2) is 9.19. The number of hydrogen-bond acceptors (Lipinski definition) is 4. The van der Waals surface area contributed by atoms with Crippen LogP contribution in [0.2, 0.25) is 0 Å². The van der Waals surface area contributed by atoms with Gasteiger partial charge >= 0.3 is 0 Å². The van der Waals surface area contributed by atoms with E-state index in [1.807, 2.05) is 18.3 Å².